The quantitative estimate of drug-likeness (QED) is 0.525. The lowest BCUT2D eigenvalue weighted by Gasteiger charge is -2.28. The summed E-state index contributed by atoms with van der Waals surface area (Å²) in [5.41, 5.74) is 0.374. The van der Waals surface area contributed by atoms with Gasteiger partial charge in [-0.3, -0.25) is 8.98 Å². The molecule has 1 aromatic carbocycles. The highest BCUT2D eigenvalue weighted by Gasteiger charge is 2.34. The first-order chi connectivity index (χ1) is 14.1. The highest BCUT2D eigenvalue weighted by molar-refractivity contribution is 7.85. The number of carbonyl (C=O) groups excluding carboxylic acids is 1. The largest absolute Gasteiger partial charge is 0.465 e. The fourth-order valence-electron chi connectivity index (χ4n) is 3.05. The number of hydrogen-bond donors (Lipinski definition) is 0. The zero-order chi connectivity index (χ0) is 21.9. The lowest BCUT2D eigenvalue weighted by molar-refractivity contribution is -0.162. The molecule has 2 aromatic rings. The maximum absolute atomic E-state index is 13.0. The summed E-state index contributed by atoms with van der Waals surface area (Å²) in [6.07, 6.45) is 2.31. The fraction of sp³-hybridized carbons (Fsp3) is 0.571. The molecule has 1 fully saturated rings. The Morgan fingerprint density at radius 2 is 1.97 bits per heavy atom. The van der Waals surface area contributed by atoms with Crippen molar-refractivity contribution in [1.29, 1.82) is 0 Å². The Bertz CT molecular complexity index is 992. The number of carbonyl (C=O) groups is 1. The van der Waals surface area contributed by atoms with E-state index in [1.54, 1.807) is 32.2 Å². The number of rotatable bonds is 10. The van der Waals surface area contributed by atoms with Gasteiger partial charge in [-0.1, -0.05) is 18.2 Å². The monoisotopic (exact) mass is 438 g/mol. The summed E-state index contributed by atoms with van der Waals surface area (Å²) in [6.45, 7) is 5.13. The molecule has 30 heavy (non-hydrogen) atoms. The number of para-hydroxylation sites is 1. The molecule has 1 aliphatic rings. The first kappa shape index (κ1) is 22.7. The van der Waals surface area contributed by atoms with E-state index in [4.69, 9.17) is 13.7 Å². The highest BCUT2D eigenvalue weighted by atomic mass is 32.2. The Balaban J connectivity index is 1.73. The number of fused-ring (bicyclic) bond motifs is 1. The van der Waals surface area contributed by atoms with Crippen LogP contribution in [0.15, 0.2) is 30.5 Å². The van der Waals surface area contributed by atoms with Gasteiger partial charge in [0.1, 0.15) is 0 Å². The second kappa shape index (κ2) is 9.05. The van der Waals surface area contributed by atoms with Crippen LogP contribution in [-0.4, -0.2) is 70.3 Å². The molecule has 0 saturated carbocycles. The normalized spacial score (nSPS) is 15.5. The number of esters is 1. The Labute approximate surface area is 178 Å². The average molecular weight is 439 g/mol. The Morgan fingerprint density at radius 3 is 2.60 bits per heavy atom. The van der Waals surface area contributed by atoms with E-state index in [-0.39, 0.29) is 19.1 Å². The van der Waals surface area contributed by atoms with Gasteiger partial charge in [0.05, 0.1) is 37.4 Å². The molecule has 0 spiro atoms. The van der Waals surface area contributed by atoms with Crippen LogP contribution in [0.4, 0.5) is 0 Å². The summed E-state index contributed by atoms with van der Waals surface area (Å²) in [5, 5.41) is 0.868. The summed E-state index contributed by atoms with van der Waals surface area (Å²) >= 11 is 0. The van der Waals surface area contributed by atoms with Crippen LogP contribution in [0.5, 0.6) is 0 Å². The summed E-state index contributed by atoms with van der Waals surface area (Å²) in [4.78, 5) is 14.4. The van der Waals surface area contributed by atoms with Crippen molar-refractivity contribution in [3.63, 3.8) is 0 Å². The van der Waals surface area contributed by atoms with Gasteiger partial charge in [-0.25, -0.2) is 3.97 Å². The van der Waals surface area contributed by atoms with Crippen molar-refractivity contribution in [2.24, 2.45) is 11.3 Å². The van der Waals surface area contributed by atoms with E-state index in [1.165, 1.54) is 0 Å². The molecule has 0 N–H and O–H groups in total. The Morgan fingerprint density at radius 1 is 1.27 bits per heavy atom. The van der Waals surface area contributed by atoms with Crippen LogP contribution in [0.3, 0.4) is 0 Å². The van der Waals surface area contributed by atoms with Gasteiger partial charge in [-0.05, 0) is 46.0 Å². The number of nitrogens with zero attached hydrogens (tertiary/aromatic N) is 2. The van der Waals surface area contributed by atoms with Crippen molar-refractivity contribution in [3.05, 3.63) is 36.0 Å². The molecular formula is C21H30N2O6S. The summed E-state index contributed by atoms with van der Waals surface area (Å²) in [7, 11) is -0.180. The number of likely N-dealkylation sites (N-methyl/N-ethyl adjacent to an activating group) is 1. The molecule has 0 bridgehead atoms. The van der Waals surface area contributed by atoms with Crippen LogP contribution >= 0.6 is 0 Å². The van der Waals surface area contributed by atoms with Gasteiger partial charge in [-0.2, -0.15) is 8.42 Å². The Kier molecular flexibility index (Phi) is 6.86. The first-order valence-corrected chi connectivity index (χ1v) is 11.4. The molecule has 1 aromatic heterocycles. The molecule has 9 heteroatoms. The van der Waals surface area contributed by atoms with Gasteiger partial charge in [-0.15, -0.1) is 0 Å². The van der Waals surface area contributed by atoms with E-state index < -0.39 is 21.7 Å². The molecule has 8 nitrogen and oxygen atoms in total. The van der Waals surface area contributed by atoms with Crippen LogP contribution in [-0.2, 0) is 35.2 Å². The van der Waals surface area contributed by atoms with Crippen LogP contribution in [0, 0.1) is 11.3 Å². The molecule has 1 saturated heterocycles. The van der Waals surface area contributed by atoms with Gasteiger partial charge in [0, 0.05) is 24.0 Å². The molecule has 0 unspecified atom stereocenters. The molecular weight excluding hydrogens is 408 g/mol. The Hall–Kier alpha value is -1.94. The SMILES string of the molecule is CN(C)CCc1cn(S(=O)(=O)OCC(C)(C)C(=O)OCC2COC2)c2ccccc12. The average Bonchev–Trinajstić information content (AvgIpc) is 3.03. The first-order valence-electron chi connectivity index (χ1n) is 9.99. The smallest absolute Gasteiger partial charge is 0.366 e. The minimum Gasteiger partial charge on any atom is -0.465 e. The molecule has 0 amide bonds. The summed E-state index contributed by atoms with van der Waals surface area (Å²) < 4.78 is 42.7. The van der Waals surface area contributed by atoms with Gasteiger partial charge in [0.15, 0.2) is 0 Å². The van der Waals surface area contributed by atoms with E-state index in [1.807, 2.05) is 31.1 Å². The second-order valence-electron chi connectivity index (χ2n) is 8.63. The minimum absolute atomic E-state index is 0.209. The predicted molar refractivity (Wildman–Crippen MR) is 114 cm³/mol. The molecule has 3 rings (SSSR count). The van der Waals surface area contributed by atoms with E-state index in [0.717, 1.165) is 21.5 Å². The van der Waals surface area contributed by atoms with E-state index in [0.29, 0.717) is 25.2 Å². The van der Waals surface area contributed by atoms with Crippen LogP contribution in [0.25, 0.3) is 10.9 Å². The molecule has 0 atom stereocenters. The molecule has 0 aliphatic carbocycles. The highest BCUT2D eigenvalue weighted by Crippen LogP contribution is 2.26. The van der Waals surface area contributed by atoms with Crippen molar-refractivity contribution in [1.82, 2.24) is 8.87 Å². The van der Waals surface area contributed by atoms with Crippen molar-refractivity contribution >= 4 is 27.2 Å². The van der Waals surface area contributed by atoms with Gasteiger partial charge >= 0.3 is 16.3 Å². The maximum atomic E-state index is 13.0. The standard InChI is InChI=1S/C21H30N2O6S/c1-21(2,20(24)28-14-16-12-27-13-16)15-29-30(25,26)23-11-17(9-10-22(3)4)18-7-5-6-8-19(18)23/h5-8,11,16H,9-10,12-15H2,1-4H3. The summed E-state index contributed by atoms with van der Waals surface area (Å²) in [5.74, 6) is -0.283. The van der Waals surface area contributed by atoms with Crippen molar-refractivity contribution in [2.75, 3.05) is 47.1 Å². The molecule has 1 aliphatic heterocycles. The number of hydrogen-bond acceptors (Lipinski definition) is 7. The molecule has 0 radical (unpaired) electrons. The van der Waals surface area contributed by atoms with E-state index in [9.17, 15) is 13.2 Å². The van der Waals surface area contributed by atoms with Crippen molar-refractivity contribution in [3.8, 4) is 0 Å². The third-order valence-corrected chi connectivity index (χ3v) is 6.31. The number of ether oxygens (including phenoxy) is 2. The molecule has 2 heterocycles. The predicted octanol–water partition coefficient (Wildman–Crippen LogP) is 2.07. The van der Waals surface area contributed by atoms with Crippen LogP contribution in [0.2, 0.25) is 0 Å². The lowest BCUT2D eigenvalue weighted by atomic mass is 9.95. The van der Waals surface area contributed by atoms with Gasteiger partial charge in [0.25, 0.3) is 0 Å². The number of benzene rings is 1. The zero-order valence-corrected chi connectivity index (χ0v) is 18.8. The third-order valence-electron chi connectivity index (χ3n) is 5.11. The summed E-state index contributed by atoms with van der Waals surface area (Å²) in [6, 6.07) is 7.31. The lowest BCUT2D eigenvalue weighted by Crippen LogP contribution is -2.37. The van der Waals surface area contributed by atoms with E-state index >= 15 is 0 Å². The zero-order valence-electron chi connectivity index (χ0n) is 18.0. The van der Waals surface area contributed by atoms with Gasteiger partial charge in [0.2, 0.25) is 0 Å². The fourth-order valence-corrected chi connectivity index (χ4v) is 4.27. The van der Waals surface area contributed by atoms with Crippen LogP contribution in [0.1, 0.15) is 19.4 Å². The van der Waals surface area contributed by atoms with Crippen molar-refractivity contribution in [2.45, 2.75) is 20.3 Å². The number of aromatic nitrogens is 1. The topological polar surface area (TPSA) is 87.1 Å². The maximum Gasteiger partial charge on any atom is 0.366 e. The molecule has 166 valence electrons. The third kappa shape index (κ3) is 5.21. The van der Waals surface area contributed by atoms with Crippen molar-refractivity contribution < 1.29 is 26.9 Å². The second-order valence-corrected chi connectivity index (χ2v) is 10.1. The van der Waals surface area contributed by atoms with Crippen LogP contribution < -0.4 is 0 Å². The van der Waals surface area contributed by atoms with E-state index in [2.05, 4.69) is 0 Å². The minimum atomic E-state index is -4.12. The van der Waals surface area contributed by atoms with Gasteiger partial charge < -0.3 is 14.4 Å².